The first-order chi connectivity index (χ1) is 8.36. The van der Waals surface area contributed by atoms with Crippen LogP contribution in [0.15, 0.2) is 42.5 Å². The average Bonchev–Trinajstić information content (AvgIpc) is 2.36. The lowest BCUT2D eigenvalue weighted by Crippen LogP contribution is -2.02. The van der Waals surface area contributed by atoms with Gasteiger partial charge < -0.3 is 14.8 Å². The minimum Gasteiger partial charge on any atom is -0.453 e. The fourth-order valence-electron chi connectivity index (χ4n) is 1.74. The van der Waals surface area contributed by atoms with Crippen LogP contribution < -0.4 is 14.8 Å². The molecule has 1 heterocycles. The first-order valence-corrected chi connectivity index (χ1v) is 5.15. The van der Waals surface area contributed by atoms with Crippen molar-refractivity contribution >= 4 is 17.8 Å². The Morgan fingerprint density at radius 2 is 1.88 bits per heavy atom. The molecule has 0 radical (unpaired) electrons. The molecule has 1 aliphatic rings. The number of carbonyl (C=O) groups is 1. The van der Waals surface area contributed by atoms with Crippen molar-refractivity contribution < 1.29 is 14.3 Å². The topological polar surface area (TPSA) is 47.6 Å². The summed E-state index contributed by atoms with van der Waals surface area (Å²) in [6.45, 7) is 0.395. The van der Waals surface area contributed by atoms with Gasteiger partial charge in [0.1, 0.15) is 5.75 Å². The van der Waals surface area contributed by atoms with Gasteiger partial charge in [0.05, 0.1) is 11.4 Å². The van der Waals surface area contributed by atoms with Crippen molar-refractivity contribution in [1.82, 2.24) is 0 Å². The maximum Gasteiger partial charge on any atom is 0.298 e. The van der Waals surface area contributed by atoms with E-state index in [2.05, 4.69) is 5.32 Å². The van der Waals surface area contributed by atoms with Gasteiger partial charge in [0.25, 0.3) is 6.47 Å². The minimum absolute atomic E-state index is 0.395. The molecule has 84 valence electrons. The highest BCUT2D eigenvalue weighted by molar-refractivity contribution is 5.76. The largest absolute Gasteiger partial charge is 0.453 e. The molecule has 4 heteroatoms. The van der Waals surface area contributed by atoms with Crippen LogP contribution in [0.4, 0.5) is 11.4 Å². The maximum atomic E-state index is 10.3. The van der Waals surface area contributed by atoms with Gasteiger partial charge in [-0.15, -0.1) is 0 Å². The molecule has 3 rings (SSSR count). The molecule has 0 fully saturated rings. The van der Waals surface area contributed by atoms with Crippen LogP contribution in [-0.2, 0) is 4.79 Å². The zero-order valence-corrected chi connectivity index (χ0v) is 8.84. The van der Waals surface area contributed by atoms with Gasteiger partial charge in [-0.2, -0.15) is 0 Å². The summed E-state index contributed by atoms with van der Waals surface area (Å²) in [4.78, 5) is 10.3. The van der Waals surface area contributed by atoms with E-state index in [9.17, 15) is 4.79 Å². The quantitative estimate of drug-likeness (QED) is 0.683. The Kier molecular flexibility index (Phi) is 2.19. The summed E-state index contributed by atoms with van der Waals surface area (Å²) >= 11 is 0. The van der Waals surface area contributed by atoms with E-state index in [1.807, 2.05) is 30.3 Å². The van der Waals surface area contributed by atoms with E-state index in [1.54, 1.807) is 12.1 Å². The van der Waals surface area contributed by atoms with E-state index in [1.165, 1.54) is 0 Å². The normalized spacial score (nSPS) is 11.5. The second kappa shape index (κ2) is 3.83. The van der Waals surface area contributed by atoms with E-state index in [-0.39, 0.29) is 0 Å². The summed E-state index contributed by atoms with van der Waals surface area (Å²) < 4.78 is 10.5. The Morgan fingerprint density at radius 3 is 2.76 bits per heavy atom. The third kappa shape index (κ3) is 1.69. The molecule has 2 aromatic carbocycles. The zero-order chi connectivity index (χ0) is 11.7. The number of benzene rings is 2. The lowest BCUT2D eigenvalue weighted by molar-refractivity contribution is -0.120. The third-order valence-corrected chi connectivity index (χ3v) is 2.51. The summed E-state index contributed by atoms with van der Waals surface area (Å²) in [6.07, 6.45) is 0. The molecule has 0 saturated carbocycles. The van der Waals surface area contributed by atoms with Crippen molar-refractivity contribution in [2.75, 3.05) is 5.32 Å². The van der Waals surface area contributed by atoms with Crippen LogP contribution in [0.2, 0.25) is 0 Å². The van der Waals surface area contributed by atoms with Crippen LogP contribution in [0.3, 0.4) is 0 Å². The van der Waals surface area contributed by atoms with Crippen molar-refractivity contribution in [1.29, 1.82) is 0 Å². The molecule has 0 amide bonds. The molecule has 0 aliphatic carbocycles. The molecule has 0 spiro atoms. The first kappa shape index (κ1) is 9.72. The highest BCUT2D eigenvalue weighted by Gasteiger charge is 2.16. The predicted molar refractivity (Wildman–Crippen MR) is 62.9 cm³/mol. The zero-order valence-electron chi connectivity index (χ0n) is 8.84. The fourth-order valence-corrected chi connectivity index (χ4v) is 1.74. The number of ether oxygens (including phenoxy) is 2. The number of fused-ring (bicyclic) bond motifs is 2. The smallest absolute Gasteiger partial charge is 0.298 e. The van der Waals surface area contributed by atoms with Crippen molar-refractivity contribution in [3.63, 3.8) is 0 Å². The van der Waals surface area contributed by atoms with Crippen LogP contribution in [0.5, 0.6) is 17.2 Å². The van der Waals surface area contributed by atoms with Gasteiger partial charge in [0, 0.05) is 6.07 Å². The van der Waals surface area contributed by atoms with E-state index in [0.29, 0.717) is 18.0 Å². The Bertz CT molecular complexity index is 581. The van der Waals surface area contributed by atoms with Gasteiger partial charge in [-0.25, -0.2) is 0 Å². The Morgan fingerprint density at radius 1 is 1.06 bits per heavy atom. The second-order valence-electron chi connectivity index (χ2n) is 3.60. The third-order valence-electron chi connectivity index (χ3n) is 2.51. The molecule has 0 unspecified atom stereocenters. The number of rotatable bonds is 2. The fraction of sp³-hybridized carbons (Fsp3) is 0. The summed E-state index contributed by atoms with van der Waals surface area (Å²) in [5.74, 6) is 1.85. The van der Waals surface area contributed by atoms with Crippen molar-refractivity contribution in [3.05, 3.63) is 42.5 Å². The molecule has 1 aliphatic heterocycles. The Labute approximate surface area is 97.8 Å². The maximum absolute atomic E-state index is 10.3. The summed E-state index contributed by atoms with van der Waals surface area (Å²) in [7, 11) is 0. The Hall–Kier alpha value is -2.49. The van der Waals surface area contributed by atoms with Crippen molar-refractivity contribution in [3.8, 4) is 17.2 Å². The molecule has 0 saturated heterocycles. The van der Waals surface area contributed by atoms with Crippen LogP contribution in [-0.4, -0.2) is 6.47 Å². The SMILES string of the molecule is O=COc1ccc2c(c1)Oc1ccccc1N2. The van der Waals surface area contributed by atoms with Gasteiger partial charge in [0.15, 0.2) is 11.5 Å². The molecule has 0 atom stereocenters. The molecular formula is C13H9NO3. The molecule has 2 aromatic rings. The van der Waals surface area contributed by atoms with Gasteiger partial charge in [0.2, 0.25) is 0 Å². The van der Waals surface area contributed by atoms with Crippen molar-refractivity contribution in [2.45, 2.75) is 0 Å². The minimum atomic E-state index is 0.395. The molecule has 4 nitrogen and oxygen atoms in total. The summed E-state index contributed by atoms with van der Waals surface area (Å²) in [5, 5.41) is 3.24. The van der Waals surface area contributed by atoms with Gasteiger partial charge in [-0.05, 0) is 24.3 Å². The average molecular weight is 227 g/mol. The molecule has 1 N–H and O–H groups in total. The molecular weight excluding hydrogens is 218 g/mol. The van der Waals surface area contributed by atoms with Crippen molar-refractivity contribution in [2.24, 2.45) is 0 Å². The number of para-hydroxylation sites is 2. The number of carbonyl (C=O) groups excluding carboxylic acids is 1. The highest BCUT2D eigenvalue weighted by atomic mass is 16.5. The number of hydrogen-bond acceptors (Lipinski definition) is 4. The van der Waals surface area contributed by atoms with Crippen LogP contribution in [0, 0.1) is 0 Å². The van der Waals surface area contributed by atoms with E-state index in [0.717, 1.165) is 17.1 Å². The van der Waals surface area contributed by atoms with Gasteiger partial charge in [-0.1, -0.05) is 12.1 Å². The van der Waals surface area contributed by atoms with Gasteiger partial charge in [-0.3, -0.25) is 4.79 Å². The lowest BCUT2D eigenvalue weighted by Gasteiger charge is -2.21. The second-order valence-corrected chi connectivity index (χ2v) is 3.60. The molecule has 0 aromatic heterocycles. The molecule has 17 heavy (non-hydrogen) atoms. The monoisotopic (exact) mass is 227 g/mol. The number of nitrogens with one attached hydrogen (secondary N) is 1. The number of hydrogen-bond donors (Lipinski definition) is 1. The highest BCUT2D eigenvalue weighted by Crippen LogP contribution is 2.42. The van der Waals surface area contributed by atoms with Gasteiger partial charge >= 0.3 is 0 Å². The molecule has 0 bridgehead atoms. The van der Waals surface area contributed by atoms with E-state index in [4.69, 9.17) is 9.47 Å². The number of anilines is 2. The Balaban J connectivity index is 2.00. The first-order valence-electron chi connectivity index (χ1n) is 5.15. The standard InChI is InChI=1S/C13H9NO3/c15-8-16-9-5-6-11-13(7-9)17-12-4-2-1-3-10(12)14-11/h1-8,14H. The van der Waals surface area contributed by atoms with Crippen LogP contribution in [0.25, 0.3) is 0 Å². The summed E-state index contributed by atoms with van der Waals surface area (Å²) in [6, 6.07) is 12.8. The lowest BCUT2D eigenvalue weighted by atomic mass is 10.2. The predicted octanol–water partition coefficient (Wildman–Crippen LogP) is 3.07. The van der Waals surface area contributed by atoms with Crippen LogP contribution >= 0.6 is 0 Å². The van der Waals surface area contributed by atoms with Crippen LogP contribution in [0.1, 0.15) is 0 Å². The summed E-state index contributed by atoms with van der Waals surface area (Å²) in [5.41, 5.74) is 1.77. The van der Waals surface area contributed by atoms with E-state index >= 15 is 0 Å². The van der Waals surface area contributed by atoms with E-state index < -0.39 is 0 Å².